The Morgan fingerprint density at radius 1 is 1.36 bits per heavy atom. The van der Waals surface area contributed by atoms with Gasteiger partial charge in [-0.1, -0.05) is 6.92 Å². The van der Waals surface area contributed by atoms with Gasteiger partial charge in [0.25, 0.3) is 11.6 Å². The van der Waals surface area contributed by atoms with Gasteiger partial charge in [0.2, 0.25) is 0 Å². The van der Waals surface area contributed by atoms with E-state index in [1.807, 2.05) is 6.92 Å². The largest absolute Gasteiger partial charge is 0.395 e. The molecule has 0 radical (unpaired) electrons. The second-order valence-electron chi connectivity index (χ2n) is 6.26. The van der Waals surface area contributed by atoms with E-state index in [2.05, 4.69) is 9.88 Å². The van der Waals surface area contributed by atoms with Crippen LogP contribution in [0.15, 0.2) is 24.4 Å². The number of hydrogen-bond acceptors (Lipinski definition) is 5. The molecule has 0 saturated carbocycles. The number of H-pyrrole nitrogens is 1. The Hall–Kier alpha value is -2.45. The molecule has 2 N–H and O–H groups in total. The lowest BCUT2D eigenvalue weighted by Crippen LogP contribution is -2.52. The van der Waals surface area contributed by atoms with Crippen molar-refractivity contribution >= 4 is 22.5 Å². The third kappa shape index (κ3) is 3.35. The number of fused-ring (bicyclic) bond motifs is 1. The lowest BCUT2D eigenvalue weighted by atomic mass is 10.1. The summed E-state index contributed by atoms with van der Waals surface area (Å²) in [6.07, 6.45) is 2.49. The van der Waals surface area contributed by atoms with Crippen LogP contribution in [-0.4, -0.2) is 69.5 Å². The molecule has 2 heterocycles. The van der Waals surface area contributed by atoms with E-state index in [0.29, 0.717) is 42.6 Å². The highest BCUT2D eigenvalue weighted by molar-refractivity contribution is 6.07. The fraction of sp³-hybridized carbons (Fsp3) is 0.471. The summed E-state index contributed by atoms with van der Waals surface area (Å²) in [5.41, 5.74) is 1.14. The molecule has 1 atom stereocenters. The van der Waals surface area contributed by atoms with E-state index in [0.717, 1.165) is 6.42 Å². The number of piperazine rings is 1. The van der Waals surface area contributed by atoms with Crippen LogP contribution < -0.4 is 0 Å². The monoisotopic (exact) mass is 346 g/mol. The number of aliphatic hydroxyl groups is 1. The molecule has 2 aromatic rings. The number of nitrogens with zero attached hydrogens (tertiary/aromatic N) is 3. The van der Waals surface area contributed by atoms with Gasteiger partial charge in [0.15, 0.2) is 0 Å². The first-order valence-corrected chi connectivity index (χ1v) is 8.44. The highest BCUT2D eigenvalue weighted by atomic mass is 16.6. The number of aromatic nitrogens is 1. The summed E-state index contributed by atoms with van der Waals surface area (Å²) in [5.74, 6) is -0.122. The van der Waals surface area contributed by atoms with Crippen LogP contribution in [-0.2, 0) is 0 Å². The highest BCUT2D eigenvalue weighted by Crippen LogP contribution is 2.25. The molecule has 8 nitrogen and oxygen atoms in total. The lowest BCUT2D eigenvalue weighted by Gasteiger charge is -2.38. The number of nitro groups is 1. The molecular weight excluding hydrogens is 324 g/mol. The standard InChI is InChI=1S/C17H22N4O4/c1-2-12(11-22)19-5-7-20(8-6-19)17(23)15-10-18-16-4-3-13(21(24)25)9-14(15)16/h3-4,9-10,12,18,22H,2,5-8,11H2,1H3. The van der Waals surface area contributed by atoms with Crippen LogP contribution in [0, 0.1) is 10.1 Å². The molecular formula is C17H22N4O4. The molecule has 0 spiro atoms. The second kappa shape index (κ2) is 7.20. The quantitative estimate of drug-likeness (QED) is 0.632. The molecule has 1 fully saturated rings. The minimum atomic E-state index is -0.459. The molecule has 1 amide bonds. The zero-order chi connectivity index (χ0) is 18.0. The number of nitrogens with one attached hydrogen (secondary N) is 1. The summed E-state index contributed by atoms with van der Waals surface area (Å²) in [6.45, 7) is 4.75. The smallest absolute Gasteiger partial charge is 0.270 e. The van der Waals surface area contributed by atoms with E-state index in [1.165, 1.54) is 12.1 Å². The maximum atomic E-state index is 12.8. The predicted octanol–water partition coefficient (Wildman–Crippen LogP) is 1.60. The number of amides is 1. The molecule has 0 bridgehead atoms. The van der Waals surface area contributed by atoms with Crippen molar-refractivity contribution in [2.24, 2.45) is 0 Å². The summed E-state index contributed by atoms with van der Waals surface area (Å²) in [7, 11) is 0. The van der Waals surface area contributed by atoms with Gasteiger partial charge in [-0.2, -0.15) is 0 Å². The predicted molar refractivity (Wildman–Crippen MR) is 93.6 cm³/mol. The Labute approximate surface area is 145 Å². The third-order valence-corrected chi connectivity index (χ3v) is 4.91. The van der Waals surface area contributed by atoms with Crippen LogP contribution in [0.1, 0.15) is 23.7 Å². The second-order valence-corrected chi connectivity index (χ2v) is 6.26. The number of aromatic amines is 1. The molecule has 134 valence electrons. The van der Waals surface area contributed by atoms with Crippen molar-refractivity contribution in [2.75, 3.05) is 32.8 Å². The van der Waals surface area contributed by atoms with E-state index >= 15 is 0 Å². The third-order valence-electron chi connectivity index (χ3n) is 4.91. The first-order valence-electron chi connectivity index (χ1n) is 8.44. The first-order chi connectivity index (χ1) is 12.0. The number of benzene rings is 1. The van der Waals surface area contributed by atoms with E-state index in [1.54, 1.807) is 17.2 Å². The summed E-state index contributed by atoms with van der Waals surface area (Å²) >= 11 is 0. The highest BCUT2D eigenvalue weighted by Gasteiger charge is 2.27. The van der Waals surface area contributed by atoms with E-state index < -0.39 is 4.92 Å². The Morgan fingerprint density at radius 2 is 2.08 bits per heavy atom. The van der Waals surface area contributed by atoms with Gasteiger partial charge in [0, 0.05) is 61.5 Å². The summed E-state index contributed by atoms with van der Waals surface area (Å²) in [4.78, 5) is 30.3. The molecule has 3 rings (SSSR count). The molecule has 0 aliphatic carbocycles. The van der Waals surface area contributed by atoms with E-state index in [9.17, 15) is 20.0 Å². The van der Waals surface area contributed by atoms with Crippen molar-refractivity contribution in [1.82, 2.24) is 14.8 Å². The van der Waals surface area contributed by atoms with Crippen LogP contribution in [0.4, 0.5) is 5.69 Å². The number of rotatable bonds is 5. The Balaban J connectivity index is 1.77. The van der Waals surface area contributed by atoms with Crippen molar-refractivity contribution in [3.8, 4) is 0 Å². The van der Waals surface area contributed by atoms with Crippen molar-refractivity contribution in [2.45, 2.75) is 19.4 Å². The van der Waals surface area contributed by atoms with Gasteiger partial charge in [-0.3, -0.25) is 19.8 Å². The maximum Gasteiger partial charge on any atom is 0.270 e. The van der Waals surface area contributed by atoms with Crippen LogP contribution in [0.3, 0.4) is 0 Å². The Kier molecular flexibility index (Phi) is 5.00. The number of aliphatic hydroxyl groups excluding tert-OH is 1. The molecule has 1 aliphatic heterocycles. The average molecular weight is 346 g/mol. The number of carbonyl (C=O) groups is 1. The summed E-state index contributed by atoms with van der Waals surface area (Å²) in [6, 6.07) is 4.61. The fourth-order valence-corrected chi connectivity index (χ4v) is 3.36. The van der Waals surface area contributed by atoms with Gasteiger partial charge < -0.3 is 15.0 Å². The van der Waals surface area contributed by atoms with Crippen molar-refractivity contribution in [1.29, 1.82) is 0 Å². The van der Waals surface area contributed by atoms with Crippen molar-refractivity contribution in [3.63, 3.8) is 0 Å². The lowest BCUT2D eigenvalue weighted by molar-refractivity contribution is -0.384. The van der Waals surface area contributed by atoms with Crippen molar-refractivity contribution < 1.29 is 14.8 Å². The van der Waals surface area contributed by atoms with Gasteiger partial charge in [-0.25, -0.2) is 0 Å². The zero-order valence-corrected chi connectivity index (χ0v) is 14.1. The average Bonchev–Trinajstić information content (AvgIpc) is 3.06. The normalized spacial score (nSPS) is 17.0. The van der Waals surface area contributed by atoms with E-state index in [-0.39, 0.29) is 24.2 Å². The molecule has 1 aromatic heterocycles. The topological polar surface area (TPSA) is 103 Å². The van der Waals surface area contributed by atoms with Crippen LogP contribution in [0.25, 0.3) is 10.9 Å². The van der Waals surface area contributed by atoms with Crippen molar-refractivity contribution in [3.05, 3.63) is 40.1 Å². The molecule has 25 heavy (non-hydrogen) atoms. The molecule has 1 unspecified atom stereocenters. The minimum absolute atomic E-state index is 0.0281. The van der Waals surface area contributed by atoms with Crippen LogP contribution in [0.2, 0.25) is 0 Å². The fourth-order valence-electron chi connectivity index (χ4n) is 3.36. The number of carbonyl (C=O) groups excluding carboxylic acids is 1. The van der Waals surface area contributed by atoms with Gasteiger partial charge in [-0.15, -0.1) is 0 Å². The SMILES string of the molecule is CCC(CO)N1CCN(C(=O)c2c[nH]c3ccc([N+](=O)[O-])cc23)CC1. The molecule has 8 heteroatoms. The molecule has 1 aromatic carbocycles. The first kappa shape index (κ1) is 17.4. The Morgan fingerprint density at radius 3 is 2.68 bits per heavy atom. The number of nitro benzene ring substituents is 1. The molecule has 1 aliphatic rings. The van der Waals surface area contributed by atoms with E-state index in [4.69, 9.17) is 0 Å². The van der Waals surface area contributed by atoms with Gasteiger partial charge in [-0.05, 0) is 12.5 Å². The van der Waals surface area contributed by atoms with Crippen LogP contribution in [0.5, 0.6) is 0 Å². The zero-order valence-electron chi connectivity index (χ0n) is 14.1. The minimum Gasteiger partial charge on any atom is -0.395 e. The van der Waals surface area contributed by atoms with Gasteiger partial charge in [0.1, 0.15) is 0 Å². The molecule has 1 saturated heterocycles. The van der Waals surface area contributed by atoms with Crippen LogP contribution >= 0.6 is 0 Å². The van der Waals surface area contributed by atoms with Gasteiger partial charge in [0.05, 0.1) is 17.1 Å². The maximum absolute atomic E-state index is 12.8. The summed E-state index contributed by atoms with van der Waals surface area (Å²) in [5, 5.41) is 21.0. The summed E-state index contributed by atoms with van der Waals surface area (Å²) < 4.78 is 0. The number of non-ortho nitro benzene ring substituents is 1. The number of hydrogen-bond donors (Lipinski definition) is 2. The van der Waals surface area contributed by atoms with Gasteiger partial charge >= 0.3 is 0 Å². The Bertz CT molecular complexity index is 776.